The highest BCUT2D eigenvalue weighted by Crippen LogP contribution is 2.07. The smallest absolute Gasteiger partial charge is 0.193 e. The number of halogens is 1. The van der Waals surface area contributed by atoms with Crippen LogP contribution in [-0.2, 0) is 0 Å². The summed E-state index contributed by atoms with van der Waals surface area (Å²) >= 11 is 0. The number of nitrogens with one attached hydrogen (secondary N) is 1. The second kappa shape index (κ2) is 10.8. The predicted octanol–water partition coefficient (Wildman–Crippen LogP) is 0.699. The van der Waals surface area contributed by atoms with Crippen LogP contribution >= 0.6 is 24.0 Å². The van der Waals surface area contributed by atoms with E-state index < -0.39 is 0 Å². The molecule has 7 heteroatoms. The Morgan fingerprint density at radius 3 is 2.33 bits per heavy atom. The van der Waals surface area contributed by atoms with Crippen LogP contribution in [0.1, 0.15) is 13.8 Å². The molecule has 0 aromatic carbocycles. The van der Waals surface area contributed by atoms with Crippen LogP contribution in [0.25, 0.3) is 0 Å². The van der Waals surface area contributed by atoms with E-state index in [0.29, 0.717) is 6.04 Å². The van der Waals surface area contributed by atoms with E-state index in [1.807, 2.05) is 7.05 Å². The van der Waals surface area contributed by atoms with Crippen molar-refractivity contribution >= 4 is 29.9 Å². The molecule has 2 fully saturated rings. The zero-order valence-electron chi connectivity index (χ0n) is 16.2. The maximum absolute atomic E-state index is 4.51. The van der Waals surface area contributed by atoms with E-state index in [1.54, 1.807) is 0 Å². The van der Waals surface area contributed by atoms with E-state index in [-0.39, 0.29) is 24.0 Å². The molecule has 142 valence electrons. The second-order valence-electron chi connectivity index (χ2n) is 7.51. The van der Waals surface area contributed by atoms with Crippen molar-refractivity contribution in [2.45, 2.75) is 19.9 Å². The van der Waals surface area contributed by atoms with Crippen molar-refractivity contribution in [2.24, 2.45) is 10.9 Å². The van der Waals surface area contributed by atoms with Gasteiger partial charge in [-0.2, -0.15) is 0 Å². The fourth-order valence-electron chi connectivity index (χ4n) is 3.52. The first-order valence-electron chi connectivity index (χ1n) is 9.06. The van der Waals surface area contributed by atoms with Gasteiger partial charge < -0.3 is 15.1 Å². The van der Waals surface area contributed by atoms with E-state index in [4.69, 9.17) is 0 Å². The largest absolute Gasteiger partial charge is 0.355 e. The molecule has 0 aromatic rings. The van der Waals surface area contributed by atoms with Crippen LogP contribution in [-0.4, -0.2) is 112 Å². The van der Waals surface area contributed by atoms with Crippen LogP contribution in [0, 0.1) is 5.92 Å². The molecule has 0 amide bonds. The lowest BCUT2D eigenvalue weighted by Crippen LogP contribution is -2.57. The summed E-state index contributed by atoms with van der Waals surface area (Å²) in [5.74, 6) is 1.81. The number of likely N-dealkylation sites (N-methyl/N-ethyl adjacent to an activating group) is 2. The van der Waals surface area contributed by atoms with Crippen molar-refractivity contribution < 1.29 is 0 Å². The van der Waals surface area contributed by atoms with E-state index in [2.05, 4.69) is 57.9 Å². The van der Waals surface area contributed by atoms with Crippen molar-refractivity contribution in [3.63, 3.8) is 0 Å². The molecular formula is C17H37IN6. The summed E-state index contributed by atoms with van der Waals surface area (Å²) in [4.78, 5) is 14.4. The molecule has 1 unspecified atom stereocenters. The highest BCUT2D eigenvalue weighted by atomic mass is 127. The molecule has 2 heterocycles. The summed E-state index contributed by atoms with van der Waals surface area (Å²) in [6, 6.07) is 0.563. The summed E-state index contributed by atoms with van der Waals surface area (Å²) in [6.45, 7) is 14.7. The molecule has 0 radical (unpaired) electrons. The van der Waals surface area contributed by atoms with E-state index in [0.717, 1.165) is 57.7 Å². The summed E-state index contributed by atoms with van der Waals surface area (Å²) in [6.07, 6.45) is 0. The molecule has 0 aromatic heterocycles. The molecule has 24 heavy (non-hydrogen) atoms. The summed E-state index contributed by atoms with van der Waals surface area (Å²) in [5, 5.41) is 3.60. The number of hydrogen-bond acceptors (Lipinski definition) is 4. The quantitative estimate of drug-likeness (QED) is 0.386. The number of aliphatic imine (C=N–C) groups is 1. The third-order valence-corrected chi connectivity index (χ3v) is 4.98. The van der Waals surface area contributed by atoms with Gasteiger partial charge in [-0.15, -0.1) is 24.0 Å². The average molecular weight is 452 g/mol. The fourth-order valence-corrected chi connectivity index (χ4v) is 3.52. The Labute approximate surface area is 165 Å². The van der Waals surface area contributed by atoms with Crippen molar-refractivity contribution in [1.29, 1.82) is 0 Å². The molecule has 6 nitrogen and oxygen atoms in total. The average Bonchev–Trinajstić information content (AvgIpc) is 2.52. The highest BCUT2D eigenvalue weighted by Gasteiger charge is 2.24. The monoisotopic (exact) mass is 452 g/mol. The van der Waals surface area contributed by atoms with Crippen molar-refractivity contribution in [3.8, 4) is 0 Å². The summed E-state index contributed by atoms with van der Waals surface area (Å²) in [7, 11) is 6.34. The first kappa shape index (κ1) is 21.9. The molecule has 2 aliphatic rings. The van der Waals surface area contributed by atoms with Gasteiger partial charge in [-0.05, 0) is 20.0 Å². The van der Waals surface area contributed by atoms with Gasteiger partial charge in [0.25, 0.3) is 0 Å². The zero-order chi connectivity index (χ0) is 16.8. The Bertz CT molecular complexity index is 381. The standard InChI is InChI=1S/C17H36N6.HI/c1-15(2)13-22-8-10-23(11-9-22)17(18-3)19-12-16-14-20(4)6-7-21(16)5;/h15-16H,6-14H2,1-5H3,(H,18,19);1H. The highest BCUT2D eigenvalue weighted by molar-refractivity contribution is 14.0. The Balaban J connectivity index is 0.00000288. The number of rotatable bonds is 4. The first-order valence-corrected chi connectivity index (χ1v) is 9.06. The van der Waals surface area contributed by atoms with E-state index in [9.17, 15) is 0 Å². The molecule has 0 bridgehead atoms. The van der Waals surface area contributed by atoms with E-state index >= 15 is 0 Å². The van der Waals surface area contributed by atoms with Gasteiger partial charge in [-0.25, -0.2) is 0 Å². The number of nitrogens with zero attached hydrogens (tertiary/aromatic N) is 5. The molecule has 2 rings (SSSR count). The van der Waals surface area contributed by atoms with Crippen LogP contribution in [0.4, 0.5) is 0 Å². The number of guanidine groups is 1. The summed E-state index contributed by atoms with van der Waals surface area (Å²) in [5.41, 5.74) is 0. The van der Waals surface area contributed by atoms with Gasteiger partial charge >= 0.3 is 0 Å². The molecule has 2 saturated heterocycles. The van der Waals surface area contributed by atoms with E-state index in [1.165, 1.54) is 13.1 Å². The molecule has 1 atom stereocenters. The SMILES string of the molecule is CN=C(NCC1CN(C)CCN1C)N1CCN(CC(C)C)CC1.I. The van der Waals surface area contributed by atoms with Gasteiger partial charge in [0.05, 0.1) is 0 Å². The molecule has 1 N–H and O–H groups in total. The van der Waals surface area contributed by atoms with Gasteiger partial charge in [0.2, 0.25) is 0 Å². The van der Waals surface area contributed by atoms with Gasteiger partial charge in [-0.3, -0.25) is 14.8 Å². The van der Waals surface area contributed by atoms with Crippen LogP contribution in [0.15, 0.2) is 4.99 Å². The van der Waals surface area contributed by atoms with Crippen LogP contribution in [0.3, 0.4) is 0 Å². The molecule has 0 aliphatic carbocycles. The first-order chi connectivity index (χ1) is 11.0. The lowest BCUT2D eigenvalue weighted by molar-refractivity contribution is 0.115. The molecule has 0 saturated carbocycles. The third kappa shape index (κ3) is 6.65. The van der Waals surface area contributed by atoms with Gasteiger partial charge in [-0.1, -0.05) is 13.8 Å². The van der Waals surface area contributed by atoms with Crippen molar-refractivity contribution in [1.82, 2.24) is 24.9 Å². The maximum atomic E-state index is 4.51. The van der Waals surface area contributed by atoms with Gasteiger partial charge in [0, 0.05) is 72.0 Å². The second-order valence-corrected chi connectivity index (χ2v) is 7.51. The Hall–Kier alpha value is -0.120. The third-order valence-electron chi connectivity index (χ3n) is 4.98. The lowest BCUT2D eigenvalue weighted by atomic mass is 10.2. The Kier molecular flexibility index (Phi) is 9.84. The van der Waals surface area contributed by atoms with Crippen molar-refractivity contribution in [2.75, 3.05) is 80.0 Å². The minimum Gasteiger partial charge on any atom is -0.355 e. The minimum absolute atomic E-state index is 0. The fraction of sp³-hybridized carbons (Fsp3) is 0.941. The summed E-state index contributed by atoms with van der Waals surface area (Å²) < 4.78 is 0. The van der Waals surface area contributed by atoms with Gasteiger partial charge in [0.15, 0.2) is 5.96 Å². The van der Waals surface area contributed by atoms with Crippen LogP contribution < -0.4 is 5.32 Å². The normalized spacial score (nSPS) is 25.0. The van der Waals surface area contributed by atoms with Crippen LogP contribution in [0.2, 0.25) is 0 Å². The Morgan fingerprint density at radius 2 is 1.75 bits per heavy atom. The number of hydrogen-bond donors (Lipinski definition) is 1. The van der Waals surface area contributed by atoms with Crippen LogP contribution in [0.5, 0.6) is 0 Å². The molecule has 2 aliphatic heterocycles. The predicted molar refractivity (Wildman–Crippen MR) is 114 cm³/mol. The lowest BCUT2D eigenvalue weighted by Gasteiger charge is -2.40. The van der Waals surface area contributed by atoms with Crippen molar-refractivity contribution in [3.05, 3.63) is 0 Å². The minimum atomic E-state index is 0. The Morgan fingerprint density at radius 1 is 1.08 bits per heavy atom. The maximum Gasteiger partial charge on any atom is 0.193 e. The molecule has 0 spiro atoms. The number of piperazine rings is 2. The van der Waals surface area contributed by atoms with Gasteiger partial charge in [0.1, 0.15) is 0 Å². The topological polar surface area (TPSA) is 37.4 Å². The molecular weight excluding hydrogens is 415 g/mol. The zero-order valence-corrected chi connectivity index (χ0v) is 18.5.